The van der Waals surface area contributed by atoms with Crippen molar-refractivity contribution in [3.63, 3.8) is 0 Å². The van der Waals surface area contributed by atoms with Gasteiger partial charge in [0.05, 0.1) is 17.8 Å². The molecule has 0 aliphatic carbocycles. The third kappa shape index (κ3) is 8.23. The molecule has 10 atom stereocenters. The van der Waals surface area contributed by atoms with E-state index in [0.29, 0.717) is 19.4 Å². The molecule has 0 spiro atoms. The number of carbonyl (C=O) groups excluding carboxylic acids is 2. The standard InChI is InChI=1S/C29H52N2O9/c1-10-28(5)24(35)19(4)25(40-26-23(34)21(31(7)8)13-18(3)39-26)29(6,37-9)14-17(2)15-30-20(11-12-22(32)33)16-38-27(28)36/h17-21,23,25-26,30,34H,10-16H2,1-9H3,(H,32,33)/t17-,18?,19+,20-,21?,23-,25-,26?,28+,29-/m1/s1. The fourth-order valence-corrected chi connectivity index (χ4v) is 5.97. The Morgan fingerprint density at radius 3 is 2.40 bits per heavy atom. The monoisotopic (exact) mass is 572 g/mol. The number of carboxylic acid groups (broad SMARTS) is 1. The molecule has 2 saturated heterocycles. The summed E-state index contributed by atoms with van der Waals surface area (Å²) < 4.78 is 24.3. The third-order valence-electron chi connectivity index (χ3n) is 8.83. The van der Waals surface area contributed by atoms with E-state index in [9.17, 15) is 24.6 Å². The van der Waals surface area contributed by atoms with E-state index in [1.807, 2.05) is 39.8 Å². The zero-order valence-electron chi connectivity index (χ0n) is 25.8. The molecule has 0 bridgehead atoms. The van der Waals surface area contributed by atoms with Gasteiger partial charge < -0.3 is 39.4 Å². The number of hydrogen-bond acceptors (Lipinski definition) is 10. The van der Waals surface area contributed by atoms with Crippen LogP contribution in [0.3, 0.4) is 0 Å². The molecular formula is C29H52N2O9. The second-order valence-corrected chi connectivity index (χ2v) is 12.4. The lowest BCUT2D eigenvalue weighted by atomic mass is 9.72. The number of ether oxygens (including phenoxy) is 4. The summed E-state index contributed by atoms with van der Waals surface area (Å²) in [5.74, 6) is -2.73. The van der Waals surface area contributed by atoms with Gasteiger partial charge >= 0.3 is 11.9 Å². The van der Waals surface area contributed by atoms with Gasteiger partial charge in [-0.15, -0.1) is 0 Å². The minimum absolute atomic E-state index is 0.0188. The molecule has 0 saturated carbocycles. The maximum absolute atomic E-state index is 14.1. The molecule has 2 heterocycles. The molecule has 0 amide bonds. The van der Waals surface area contributed by atoms with Crippen LogP contribution < -0.4 is 5.32 Å². The van der Waals surface area contributed by atoms with Crippen LogP contribution in [0.1, 0.15) is 73.6 Å². The molecular weight excluding hydrogens is 520 g/mol. The molecule has 232 valence electrons. The molecule has 0 aromatic rings. The zero-order valence-corrected chi connectivity index (χ0v) is 25.8. The zero-order chi connectivity index (χ0) is 30.4. The van der Waals surface area contributed by atoms with E-state index < -0.39 is 47.4 Å². The summed E-state index contributed by atoms with van der Waals surface area (Å²) >= 11 is 0. The molecule has 40 heavy (non-hydrogen) atoms. The van der Waals surface area contributed by atoms with Gasteiger partial charge in [-0.2, -0.15) is 0 Å². The SMILES string of the molecule is CC[C@]1(C)C(=O)OC[C@@H](CCC(=O)O)NC[C@H](C)C[C@@](C)(OC)[C@H](OC2OC(C)CC(N(C)C)[C@H]2O)[C@@H](C)C1=O. The van der Waals surface area contributed by atoms with Crippen LogP contribution in [-0.4, -0.2) is 109 Å². The van der Waals surface area contributed by atoms with Crippen molar-refractivity contribution in [3.8, 4) is 0 Å². The topological polar surface area (TPSA) is 144 Å². The van der Waals surface area contributed by atoms with Gasteiger partial charge in [0.25, 0.3) is 0 Å². The van der Waals surface area contributed by atoms with E-state index in [1.165, 1.54) is 0 Å². The van der Waals surface area contributed by atoms with E-state index >= 15 is 0 Å². The summed E-state index contributed by atoms with van der Waals surface area (Å²) in [6, 6.07) is -0.585. The number of Topliss-reactive ketones (excluding diaryl/α,β-unsaturated/α-hetero) is 1. The maximum atomic E-state index is 14.1. The molecule has 3 N–H and O–H groups in total. The minimum Gasteiger partial charge on any atom is -0.481 e. The number of rotatable bonds is 8. The van der Waals surface area contributed by atoms with E-state index in [1.54, 1.807) is 27.9 Å². The maximum Gasteiger partial charge on any atom is 0.319 e. The number of ketones is 1. The van der Waals surface area contributed by atoms with Gasteiger partial charge in [-0.25, -0.2) is 0 Å². The molecule has 0 radical (unpaired) electrons. The van der Waals surface area contributed by atoms with Gasteiger partial charge in [-0.1, -0.05) is 20.8 Å². The molecule has 0 aromatic carbocycles. The van der Waals surface area contributed by atoms with Gasteiger partial charge in [0.1, 0.15) is 18.1 Å². The lowest BCUT2D eigenvalue weighted by molar-refractivity contribution is -0.295. The number of hydrogen-bond donors (Lipinski definition) is 3. The van der Waals surface area contributed by atoms with E-state index in [0.717, 1.165) is 0 Å². The van der Waals surface area contributed by atoms with Crippen LogP contribution in [0.4, 0.5) is 0 Å². The van der Waals surface area contributed by atoms with Crippen molar-refractivity contribution in [2.24, 2.45) is 17.3 Å². The Hall–Kier alpha value is -1.63. The number of likely N-dealkylation sites (N-methyl/N-ethyl adjacent to an activating group) is 1. The smallest absolute Gasteiger partial charge is 0.319 e. The number of aliphatic carboxylic acids is 1. The second-order valence-electron chi connectivity index (χ2n) is 12.4. The van der Waals surface area contributed by atoms with Crippen molar-refractivity contribution < 1.29 is 43.5 Å². The van der Waals surface area contributed by atoms with E-state index in [2.05, 4.69) is 5.32 Å². The van der Waals surface area contributed by atoms with E-state index in [-0.39, 0.29) is 55.8 Å². The number of aliphatic hydroxyl groups excluding tert-OH is 1. The average Bonchev–Trinajstić information content (AvgIpc) is 2.90. The molecule has 2 aliphatic rings. The van der Waals surface area contributed by atoms with Crippen LogP contribution in [0.15, 0.2) is 0 Å². The summed E-state index contributed by atoms with van der Waals surface area (Å²) in [6.07, 6.45) is -1.50. The highest BCUT2D eigenvalue weighted by atomic mass is 16.7. The molecule has 2 fully saturated rings. The first-order valence-corrected chi connectivity index (χ1v) is 14.5. The number of cyclic esters (lactones) is 1. The van der Waals surface area contributed by atoms with Crippen LogP contribution in [0.25, 0.3) is 0 Å². The predicted molar refractivity (Wildman–Crippen MR) is 149 cm³/mol. The van der Waals surface area contributed by atoms with Gasteiger partial charge in [0, 0.05) is 31.5 Å². The van der Waals surface area contributed by atoms with Crippen molar-refractivity contribution in [1.82, 2.24) is 10.2 Å². The number of nitrogens with one attached hydrogen (secondary N) is 1. The summed E-state index contributed by atoms with van der Waals surface area (Å²) in [6.45, 7) is 11.4. The molecule has 2 aliphatic heterocycles. The highest BCUT2D eigenvalue weighted by Gasteiger charge is 2.52. The summed E-state index contributed by atoms with van der Waals surface area (Å²) in [5, 5.41) is 23.7. The van der Waals surface area contributed by atoms with Gasteiger partial charge in [-0.05, 0) is 73.0 Å². The summed E-state index contributed by atoms with van der Waals surface area (Å²) in [5.41, 5.74) is -2.45. The average molecular weight is 573 g/mol. The first kappa shape index (κ1) is 34.6. The number of carboxylic acids is 1. The lowest BCUT2D eigenvalue weighted by Gasteiger charge is -2.47. The van der Waals surface area contributed by atoms with Gasteiger partial charge in [-0.3, -0.25) is 14.4 Å². The third-order valence-corrected chi connectivity index (χ3v) is 8.83. The predicted octanol–water partition coefficient (Wildman–Crippen LogP) is 2.23. The van der Waals surface area contributed by atoms with Crippen molar-refractivity contribution in [3.05, 3.63) is 0 Å². The van der Waals surface area contributed by atoms with Crippen LogP contribution in [0, 0.1) is 17.3 Å². The van der Waals surface area contributed by atoms with Gasteiger partial charge in [0.2, 0.25) is 0 Å². The van der Waals surface area contributed by atoms with Crippen molar-refractivity contribution in [2.75, 3.05) is 34.4 Å². The highest BCUT2D eigenvalue weighted by molar-refractivity contribution is 6.04. The van der Waals surface area contributed by atoms with Crippen LogP contribution >= 0.6 is 0 Å². The van der Waals surface area contributed by atoms with Crippen LogP contribution in [0.2, 0.25) is 0 Å². The van der Waals surface area contributed by atoms with Crippen molar-refractivity contribution >= 4 is 17.7 Å². The Balaban J connectivity index is 2.51. The Labute approximate surface area is 239 Å². The molecule has 11 nitrogen and oxygen atoms in total. The minimum atomic E-state index is -1.46. The van der Waals surface area contributed by atoms with E-state index in [4.69, 9.17) is 18.9 Å². The Morgan fingerprint density at radius 2 is 1.85 bits per heavy atom. The van der Waals surface area contributed by atoms with Crippen molar-refractivity contribution in [2.45, 2.75) is 116 Å². The Kier molecular flexibility index (Phi) is 12.5. The summed E-state index contributed by atoms with van der Waals surface area (Å²) in [4.78, 5) is 40.6. The largest absolute Gasteiger partial charge is 0.481 e. The Morgan fingerprint density at radius 1 is 1.20 bits per heavy atom. The fraction of sp³-hybridized carbons (Fsp3) is 0.897. The van der Waals surface area contributed by atoms with Crippen LogP contribution in [0.5, 0.6) is 0 Å². The number of methoxy groups -OCH3 is 1. The van der Waals surface area contributed by atoms with Crippen LogP contribution in [-0.2, 0) is 33.3 Å². The normalized spacial score (nSPS) is 40.6. The number of aliphatic hydroxyl groups is 1. The first-order valence-electron chi connectivity index (χ1n) is 14.5. The molecule has 11 heteroatoms. The molecule has 3 unspecified atom stereocenters. The highest BCUT2D eigenvalue weighted by Crippen LogP contribution is 2.39. The second kappa shape index (κ2) is 14.5. The number of carbonyl (C=O) groups is 3. The number of nitrogens with zero attached hydrogens (tertiary/aromatic N) is 1. The quantitative estimate of drug-likeness (QED) is 0.291. The summed E-state index contributed by atoms with van der Waals surface area (Å²) in [7, 11) is 5.35. The first-order chi connectivity index (χ1) is 18.6. The van der Waals surface area contributed by atoms with Gasteiger partial charge in [0.15, 0.2) is 12.1 Å². The Bertz CT molecular complexity index is 870. The molecule has 0 aromatic heterocycles. The number of esters is 1. The fourth-order valence-electron chi connectivity index (χ4n) is 5.97. The van der Waals surface area contributed by atoms with Crippen molar-refractivity contribution in [1.29, 1.82) is 0 Å². The molecule has 2 rings (SSSR count). The lowest BCUT2D eigenvalue weighted by Crippen LogP contribution is -2.59.